The Morgan fingerprint density at radius 1 is 0.293 bits per heavy atom. The fraction of sp³-hybridized carbons (Fsp3) is 0. The molecule has 0 atom stereocenters. The maximum absolute atomic E-state index is 2.40. The molecular formula is C56H38N2. The lowest BCUT2D eigenvalue weighted by atomic mass is 9.96. The Morgan fingerprint density at radius 2 is 0.828 bits per heavy atom. The summed E-state index contributed by atoms with van der Waals surface area (Å²) in [4.78, 5) is 2.36. The van der Waals surface area contributed by atoms with E-state index in [9.17, 15) is 0 Å². The van der Waals surface area contributed by atoms with Crippen molar-refractivity contribution in [3.05, 3.63) is 231 Å². The van der Waals surface area contributed by atoms with Gasteiger partial charge < -0.3 is 9.47 Å². The Balaban J connectivity index is 0.985. The maximum atomic E-state index is 2.40. The van der Waals surface area contributed by atoms with Crippen molar-refractivity contribution in [3.63, 3.8) is 0 Å². The number of nitrogens with zero attached hydrogens (tertiary/aromatic N) is 2. The van der Waals surface area contributed by atoms with Gasteiger partial charge >= 0.3 is 0 Å². The first kappa shape index (κ1) is 33.6. The Morgan fingerprint density at radius 3 is 1.59 bits per heavy atom. The second-order valence-corrected chi connectivity index (χ2v) is 15.0. The van der Waals surface area contributed by atoms with E-state index in [2.05, 4.69) is 240 Å². The molecule has 10 aromatic carbocycles. The van der Waals surface area contributed by atoms with Crippen molar-refractivity contribution >= 4 is 60.4 Å². The zero-order chi connectivity index (χ0) is 38.4. The monoisotopic (exact) mass is 738 g/mol. The van der Waals surface area contributed by atoms with Crippen molar-refractivity contribution in [2.75, 3.05) is 4.90 Å². The van der Waals surface area contributed by atoms with Crippen LogP contribution in [-0.4, -0.2) is 4.57 Å². The van der Waals surface area contributed by atoms with E-state index in [1.165, 1.54) is 76.7 Å². The lowest BCUT2D eigenvalue weighted by Gasteiger charge is -2.26. The van der Waals surface area contributed by atoms with Gasteiger partial charge in [-0.1, -0.05) is 170 Å². The van der Waals surface area contributed by atoms with E-state index < -0.39 is 0 Å². The van der Waals surface area contributed by atoms with Crippen molar-refractivity contribution in [2.24, 2.45) is 0 Å². The fourth-order valence-corrected chi connectivity index (χ4v) is 8.79. The highest BCUT2D eigenvalue weighted by atomic mass is 15.1. The normalized spacial score (nSPS) is 11.4. The molecule has 2 heteroatoms. The molecule has 11 rings (SSSR count). The number of hydrogen-bond donors (Lipinski definition) is 0. The third-order valence-electron chi connectivity index (χ3n) is 11.6. The standard InChI is InChI=1S/C56H38N2/c1-2-12-39(13-3-1)45-17-10-18-49(38-45)57(46-31-28-41(29-32-46)40-24-26-44(27-25-40)51-22-11-16-42-14-4-6-19-50(42)51)47-33-35-48(36-34-47)58-54-23-9-8-21-53(54)56-52-20-7-5-15-43(52)30-37-55(56)58/h1-38H. The number of rotatable bonds is 7. The Labute approximate surface area is 338 Å². The smallest absolute Gasteiger partial charge is 0.0547 e. The van der Waals surface area contributed by atoms with Crippen molar-refractivity contribution in [2.45, 2.75) is 0 Å². The summed E-state index contributed by atoms with van der Waals surface area (Å²) < 4.78 is 2.40. The van der Waals surface area contributed by atoms with E-state index in [4.69, 9.17) is 0 Å². The van der Waals surface area contributed by atoms with Gasteiger partial charge in [0.05, 0.1) is 11.0 Å². The zero-order valence-corrected chi connectivity index (χ0v) is 31.8. The maximum Gasteiger partial charge on any atom is 0.0547 e. The zero-order valence-electron chi connectivity index (χ0n) is 31.8. The summed E-state index contributed by atoms with van der Waals surface area (Å²) in [6.45, 7) is 0. The van der Waals surface area contributed by atoms with Crippen molar-refractivity contribution in [1.82, 2.24) is 4.57 Å². The number of aromatic nitrogens is 1. The Kier molecular flexibility index (Phi) is 8.19. The molecule has 0 unspecified atom stereocenters. The molecule has 1 aromatic heterocycles. The molecule has 0 bridgehead atoms. The number of anilines is 3. The number of benzene rings is 10. The van der Waals surface area contributed by atoms with Crippen LogP contribution in [-0.2, 0) is 0 Å². The van der Waals surface area contributed by atoms with Crippen LogP contribution in [0.25, 0.3) is 82.4 Å². The minimum absolute atomic E-state index is 1.09. The number of hydrogen-bond acceptors (Lipinski definition) is 1. The van der Waals surface area contributed by atoms with E-state index in [1.54, 1.807) is 0 Å². The molecule has 58 heavy (non-hydrogen) atoms. The Hall–Kier alpha value is -7.68. The third-order valence-corrected chi connectivity index (χ3v) is 11.6. The van der Waals surface area contributed by atoms with Gasteiger partial charge in [-0.2, -0.15) is 0 Å². The lowest BCUT2D eigenvalue weighted by molar-refractivity contribution is 1.17. The average molecular weight is 739 g/mol. The summed E-state index contributed by atoms with van der Waals surface area (Å²) in [5.74, 6) is 0. The van der Waals surface area contributed by atoms with Gasteiger partial charge in [-0.3, -0.25) is 0 Å². The highest BCUT2D eigenvalue weighted by molar-refractivity contribution is 6.21. The number of para-hydroxylation sites is 1. The van der Waals surface area contributed by atoms with Crippen LogP contribution in [0.1, 0.15) is 0 Å². The first-order chi connectivity index (χ1) is 28.8. The number of fused-ring (bicyclic) bond motifs is 6. The molecule has 2 nitrogen and oxygen atoms in total. The van der Waals surface area contributed by atoms with Gasteiger partial charge in [-0.25, -0.2) is 0 Å². The van der Waals surface area contributed by atoms with Crippen molar-refractivity contribution in [3.8, 4) is 39.1 Å². The van der Waals surface area contributed by atoms with Crippen molar-refractivity contribution < 1.29 is 0 Å². The molecule has 1 heterocycles. The van der Waals surface area contributed by atoms with Crippen LogP contribution in [0.5, 0.6) is 0 Å². The molecule has 0 aliphatic carbocycles. The molecule has 0 saturated heterocycles. The fourth-order valence-electron chi connectivity index (χ4n) is 8.79. The predicted octanol–water partition coefficient (Wildman–Crippen LogP) is 15.6. The summed E-state index contributed by atoms with van der Waals surface area (Å²) in [6, 6.07) is 83.6. The lowest BCUT2D eigenvalue weighted by Crippen LogP contribution is -2.10. The highest BCUT2D eigenvalue weighted by Gasteiger charge is 2.17. The molecule has 11 aromatic rings. The van der Waals surface area contributed by atoms with Crippen LogP contribution in [0.2, 0.25) is 0 Å². The second-order valence-electron chi connectivity index (χ2n) is 15.0. The molecule has 0 N–H and O–H groups in total. The molecule has 0 saturated carbocycles. The molecule has 0 aliphatic rings. The van der Waals surface area contributed by atoms with E-state index in [0.717, 1.165) is 22.7 Å². The van der Waals surface area contributed by atoms with Gasteiger partial charge in [0.2, 0.25) is 0 Å². The van der Waals surface area contributed by atoms with Crippen LogP contribution in [0.4, 0.5) is 17.1 Å². The first-order valence-electron chi connectivity index (χ1n) is 19.9. The molecule has 0 aliphatic heterocycles. The minimum Gasteiger partial charge on any atom is -0.310 e. The molecular weight excluding hydrogens is 701 g/mol. The molecule has 0 amide bonds. The van der Waals surface area contributed by atoms with Gasteiger partial charge in [0, 0.05) is 33.5 Å². The minimum atomic E-state index is 1.09. The van der Waals surface area contributed by atoms with Crippen LogP contribution in [0.15, 0.2) is 231 Å². The topological polar surface area (TPSA) is 8.17 Å². The van der Waals surface area contributed by atoms with Gasteiger partial charge in [0.15, 0.2) is 0 Å². The van der Waals surface area contributed by atoms with E-state index in [0.29, 0.717) is 0 Å². The highest BCUT2D eigenvalue weighted by Crippen LogP contribution is 2.41. The van der Waals surface area contributed by atoms with Crippen LogP contribution in [0, 0.1) is 0 Å². The Bertz CT molecular complexity index is 3240. The summed E-state index contributed by atoms with van der Waals surface area (Å²) in [5, 5.41) is 7.62. The predicted molar refractivity (Wildman–Crippen MR) is 247 cm³/mol. The average Bonchev–Trinajstić information content (AvgIpc) is 3.65. The van der Waals surface area contributed by atoms with Crippen LogP contribution in [0.3, 0.4) is 0 Å². The summed E-state index contributed by atoms with van der Waals surface area (Å²) in [6.07, 6.45) is 0. The van der Waals surface area contributed by atoms with E-state index >= 15 is 0 Å². The van der Waals surface area contributed by atoms with Gasteiger partial charge in [-0.15, -0.1) is 0 Å². The quantitative estimate of drug-likeness (QED) is 0.158. The molecule has 0 radical (unpaired) electrons. The van der Waals surface area contributed by atoms with Crippen LogP contribution >= 0.6 is 0 Å². The molecule has 0 spiro atoms. The molecule has 0 fully saturated rings. The van der Waals surface area contributed by atoms with Gasteiger partial charge in [-0.05, 0) is 116 Å². The SMILES string of the molecule is c1ccc(-c2cccc(N(c3ccc(-c4ccc(-c5cccc6ccccc56)cc4)cc3)c3ccc(-n4c5ccccc5c5c6ccccc6ccc54)cc3)c2)cc1. The van der Waals surface area contributed by atoms with E-state index in [1.807, 2.05) is 0 Å². The van der Waals surface area contributed by atoms with Crippen LogP contribution < -0.4 is 4.90 Å². The summed E-state index contributed by atoms with van der Waals surface area (Å²) in [5.41, 5.74) is 14.1. The second kappa shape index (κ2) is 14.1. The van der Waals surface area contributed by atoms with Crippen molar-refractivity contribution in [1.29, 1.82) is 0 Å². The summed E-state index contributed by atoms with van der Waals surface area (Å²) >= 11 is 0. The van der Waals surface area contributed by atoms with Gasteiger partial charge in [0.1, 0.15) is 0 Å². The third kappa shape index (κ3) is 5.82. The largest absolute Gasteiger partial charge is 0.310 e. The summed E-state index contributed by atoms with van der Waals surface area (Å²) in [7, 11) is 0. The molecule has 272 valence electrons. The van der Waals surface area contributed by atoms with Gasteiger partial charge in [0.25, 0.3) is 0 Å². The van der Waals surface area contributed by atoms with E-state index in [-0.39, 0.29) is 0 Å². The first-order valence-corrected chi connectivity index (χ1v) is 19.9.